The summed E-state index contributed by atoms with van der Waals surface area (Å²) in [6.07, 6.45) is 5.62. The van der Waals surface area contributed by atoms with E-state index in [-0.39, 0.29) is 41.9 Å². The summed E-state index contributed by atoms with van der Waals surface area (Å²) in [5.74, 6) is 0.705. The van der Waals surface area contributed by atoms with Crippen LogP contribution in [-0.4, -0.2) is 42.9 Å². The molecule has 0 radical (unpaired) electrons. The third-order valence-corrected chi connectivity index (χ3v) is 8.25. The molecule has 3 fully saturated rings. The van der Waals surface area contributed by atoms with Gasteiger partial charge in [-0.25, -0.2) is 0 Å². The van der Waals surface area contributed by atoms with Crippen molar-refractivity contribution in [3.63, 3.8) is 0 Å². The molecule has 35 heavy (non-hydrogen) atoms. The van der Waals surface area contributed by atoms with Crippen molar-refractivity contribution >= 4 is 23.4 Å². The lowest BCUT2D eigenvalue weighted by atomic mass is 9.63. The van der Waals surface area contributed by atoms with Crippen LogP contribution in [0.15, 0.2) is 60.7 Å². The smallest absolute Gasteiger partial charge is 0.248 e. The molecule has 0 spiro atoms. The second kappa shape index (κ2) is 8.26. The molecule has 1 saturated heterocycles. The van der Waals surface area contributed by atoms with Gasteiger partial charge in [-0.2, -0.15) is 0 Å². The molecule has 5 aliphatic rings. The second-order valence-electron chi connectivity index (χ2n) is 9.96. The quantitative estimate of drug-likeness (QED) is 0.494. The first-order chi connectivity index (χ1) is 17.0. The summed E-state index contributed by atoms with van der Waals surface area (Å²) in [7, 11) is 3.06. The van der Waals surface area contributed by atoms with Gasteiger partial charge in [0.2, 0.25) is 17.7 Å². The number of hydrogen-bond acceptors (Lipinski definition) is 5. The number of carbonyl (C=O) groups is 3. The average molecular weight is 473 g/mol. The lowest BCUT2D eigenvalue weighted by Gasteiger charge is -2.37. The normalized spacial score (nSPS) is 30.5. The van der Waals surface area contributed by atoms with Gasteiger partial charge in [-0.05, 0) is 47.8 Å². The standard InChI is InChI=1S/C28H28N2O5/c1-34-16-8-11-23(35-2)21(13-16)29-26(31)22(12-15-6-4-3-5-7-15)30-27(32)24-17-9-10-18(20-14-19(17)20)25(24)28(30)33/h3-11,13,17-20,22,24-25H,12,14H2,1-2H3,(H,29,31)/t17-,18-,19-,20-,22+,24+,25+/m1/s1. The van der Waals surface area contributed by atoms with Crippen molar-refractivity contribution in [3.05, 3.63) is 66.2 Å². The summed E-state index contributed by atoms with van der Waals surface area (Å²) in [6.45, 7) is 0. The molecular weight excluding hydrogens is 444 g/mol. The molecule has 7 nitrogen and oxygen atoms in total. The van der Waals surface area contributed by atoms with Crippen LogP contribution < -0.4 is 14.8 Å². The Balaban J connectivity index is 1.34. The number of hydrogen-bond donors (Lipinski definition) is 1. The summed E-state index contributed by atoms with van der Waals surface area (Å²) in [5.41, 5.74) is 1.30. The van der Waals surface area contributed by atoms with Crippen molar-refractivity contribution in [2.24, 2.45) is 35.5 Å². The van der Waals surface area contributed by atoms with Crippen LogP contribution >= 0.6 is 0 Å². The predicted molar refractivity (Wildman–Crippen MR) is 129 cm³/mol. The molecule has 3 amide bonds. The first-order valence-corrected chi connectivity index (χ1v) is 12.1. The molecule has 1 heterocycles. The third-order valence-electron chi connectivity index (χ3n) is 8.25. The van der Waals surface area contributed by atoms with Crippen LogP contribution in [0.4, 0.5) is 5.69 Å². The van der Waals surface area contributed by atoms with Gasteiger partial charge in [0.15, 0.2) is 0 Å². The number of nitrogens with zero attached hydrogens (tertiary/aromatic N) is 1. The minimum atomic E-state index is -0.963. The molecule has 1 aliphatic heterocycles. The van der Waals surface area contributed by atoms with E-state index in [2.05, 4.69) is 17.5 Å². The van der Waals surface area contributed by atoms with Crippen LogP contribution in [0.1, 0.15) is 12.0 Å². The van der Waals surface area contributed by atoms with Gasteiger partial charge in [-0.15, -0.1) is 0 Å². The first kappa shape index (κ1) is 21.9. The van der Waals surface area contributed by atoms with Crippen molar-refractivity contribution in [2.75, 3.05) is 19.5 Å². The van der Waals surface area contributed by atoms with E-state index in [0.717, 1.165) is 12.0 Å². The Bertz CT molecular complexity index is 1190. The number of likely N-dealkylation sites (tertiary alicyclic amines) is 1. The fourth-order valence-electron chi connectivity index (χ4n) is 6.55. The highest BCUT2D eigenvalue weighted by Crippen LogP contribution is 2.65. The van der Waals surface area contributed by atoms with Gasteiger partial charge in [0, 0.05) is 12.5 Å². The van der Waals surface area contributed by atoms with E-state index in [4.69, 9.17) is 9.47 Å². The number of imide groups is 1. The predicted octanol–water partition coefficient (Wildman–Crippen LogP) is 3.31. The highest BCUT2D eigenvalue weighted by molar-refractivity contribution is 6.11. The maximum absolute atomic E-state index is 13.8. The summed E-state index contributed by atoms with van der Waals surface area (Å²) in [6, 6.07) is 13.6. The van der Waals surface area contributed by atoms with Crippen LogP contribution in [0.2, 0.25) is 0 Å². The minimum absolute atomic E-state index is 0.107. The number of amides is 3. The lowest BCUT2D eigenvalue weighted by Crippen LogP contribution is -2.49. The second-order valence-corrected chi connectivity index (χ2v) is 9.96. The molecule has 180 valence electrons. The van der Waals surface area contributed by atoms with Gasteiger partial charge < -0.3 is 14.8 Å². The monoisotopic (exact) mass is 472 g/mol. The van der Waals surface area contributed by atoms with E-state index in [9.17, 15) is 14.4 Å². The van der Waals surface area contributed by atoms with E-state index in [1.54, 1.807) is 25.3 Å². The van der Waals surface area contributed by atoms with E-state index in [1.165, 1.54) is 12.0 Å². The summed E-state index contributed by atoms with van der Waals surface area (Å²) < 4.78 is 10.7. The van der Waals surface area contributed by atoms with Gasteiger partial charge >= 0.3 is 0 Å². The highest BCUT2D eigenvalue weighted by atomic mass is 16.5. The Kier molecular flexibility index (Phi) is 5.16. The molecular formula is C28H28N2O5. The molecule has 0 unspecified atom stereocenters. The summed E-state index contributed by atoms with van der Waals surface area (Å²) in [4.78, 5) is 42.5. The van der Waals surface area contributed by atoms with Crippen molar-refractivity contribution in [2.45, 2.75) is 18.9 Å². The zero-order valence-electron chi connectivity index (χ0n) is 19.7. The maximum atomic E-state index is 13.8. The molecule has 7 heteroatoms. The molecule has 0 aromatic heterocycles. The van der Waals surface area contributed by atoms with E-state index in [0.29, 0.717) is 29.0 Å². The number of allylic oxidation sites excluding steroid dienone is 2. The Morgan fingerprint density at radius 3 is 2.23 bits per heavy atom. The van der Waals surface area contributed by atoms with Crippen LogP contribution in [0.3, 0.4) is 0 Å². The number of anilines is 1. The number of nitrogens with one attached hydrogen (secondary N) is 1. The third kappa shape index (κ3) is 3.44. The first-order valence-electron chi connectivity index (χ1n) is 12.1. The number of methoxy groups -OCH3 is 2. The van der Waals surface area contributed by atoms with Gasteiger partial charge in [0.25, 0.3) is 0 Å². The van der Waals surface area contributed by atoms with E-state index >= 15 is 0 Å². The Morgan fingerprint density at radius 2 is 1.63 bits per heavy atom. The maximum Gasteiger partial charge on any atom is 0.248 e. The summed E-state index contributed by atoms with van der Waals surface area (Å²) >= 11 is 0. The van der Waals surface area contributed by atoms with Crippen molar-refractivity contribution < 1.29 is 23.9 Å². The van der Waals surface area contributed by atoms with Crippen molar-refractivity contribution in [1.82, 2.24) is 4.90 Å². The number of ether oxygens (including phenoxy) is 2. The molecule has 1 N–H and O–H groups in total. The largest absolute Gasteiger partial charge is 0.497 e. The topological polar surface area (TPSA) is 84.9 Å². The van der Waals surface area contributed by atoms with Crippen molar-refractivity contribution in [3.8, 4) is 11.5 Å². The van der Waals surface area contributed by atoms with Gasteiger partial charge in [0.05, 0.1) is 31.7 Å². The number of benzene rings is 2. The Labute approximate surface area is 204 Å². The fraction of sp³-hybridized carbons (Fsp3) is 0.393. The molecule has 4 aliphatic carbocycles. The van der Waals surface area contributed by atoms with Crippen LogP contribution in [-0.2, 0) is 20.8 Å². The Morgan fingerprint density at radius 1 is 0.971 bits per heavy atom. The lowest BCUT2D eigenvalue weighted by molar-refractivity contribution is -0.146. The zero-order chi connectivity index (χ0) is 24.3. The molecule has 2 saturated carbocycles. The molecule has 7 rings (SSSR count). The fourth-order valence-corrected chi connectivity index (χ4v) is 6.55. The van der Waals surface area contributed by atoms with Gasteiger partial charge in [-0.1, -0.05) is 42.5 Å². The van der Waals surface area contributed by atoms with Gasteiger partial charge in [-0.3, -0.25) is 19.3 Å². The van der Waals surface area contributed by atoms with Crippen molar-refractivity contribution in [1.29, 1.82) is 0 Å². The van der Waals surface area contributed by atoms with Gasteiger partial charge in [0.1, 0.15) is 17.5 Å². The number of rotatable bonds is 7. The molecule has 2 aromatic carbocycles. The Hall–Kier alpha value is -3.61. The SMILES string of the molecule is COc1ccc(OC)c(NC(=O)[C@H](Cc2ccccc2)N2C(=O)[C@H]3[C@@H]4C=C[C@H]([C@H]5C[C@H]45)[C@@H]3C2=O)c1. The molecule has 2 bridgehead atoms. The van der Waals surface area contributed by atoms with Crippen LogP contribution in [0.25, 0.3) is 0 Å². The average Bonchev–Trinajstić information content (AvgIpc) is 3.66. The number of carbonyl (C=O) groups excluding carboxylic acids is 3. The highest BCUT2D eigenvalue weighted by Gasteiger charge is 2.67. The molecule has 2 aromatic rings. The minimum Gasteiger partial charge on any atom is -0.497 e. The zero-order valence-corrected chi connectivity index (χ0v) is 19.7. The van der Waals surface area contributed by atoms with Crippen LogP contribution in [0, 0.1) is 35.5 Å². The van der Waals surface area contributed by atoms with Crippen LogP contribution in [0.5, 0.6) is 11.5 Å². The van der Waals surface area contributed by atoms with E-state index < -0.39 is 11.9 Å². The molecule has 7 atom stereocenters. The van der Waals surface area contributed by atoms with E-state index in [1.807, 2.05) is 30.3 Å². The summed E-state index contributed by atoms with van der Waals surface area (Å²) in [5, 5.41) is 2.91.